The Hall–Kier alpha value is -5.62. The van der Waals surface area contributed by atoms with E-state index in [1.807, 2.05) is 37.7 Å². The molecule has 4 heterocycles. The number of likely N-dealkylation sites (tertiary alicyclic amines) is 1. The largest absolute Gasteiger partial charge is 0.453 e. The number of aromatic amines is 1. The topological polar surface area (TPSA) is 151 Å². The van der Waals surface area contributed by atoms with Crippen molar-refractivity contribution in [3.8, 4) is 22.4 Å². The van der Waals surface area contributed by atoms with Gasteiger partial charge in [0.05, 0.1) is 37.2 Å². The van der Waals surface area contributed by atoms with Crippen molar-refractivity contribution >= 4 is 29.2 Å². The first kappa shape index (κ1) is 38.3. The van der Waals surface area contributed by atoms with Crippen LogP contribution in [-0.2, 0) is 19.1 Å². The predicted molar refractivity (Wildman–Crippen MR) is 218 cm³/mol. The number of carbonyl (C=O) groups is 3. The van der Waals surface area contributed by atoms with E-state index in [4.69, 9.17) is 14.5 Å². The summed E-state index contributed by atoms with van der Waals surface area (Å²) in [6.45, 7) is 4.33. The quantitative estimate of drug-likeness (QED) is 0.137. The number of pyridine rings is 1. The number of hydrogen-bond donors (Lipinski definition) is 3. The predicted octanol–water partition coefficient (Wildman–Crippen LogP) is 7.29. The van der Waals surface area contributed by atoms with Gasteiger partial charge in [0.2, 0.25) is 11.8 Å². The molecule has 1 saturated heterocycles. The Morgan fingerprint density at radius 2 is 1.60 bits per heavy atom. The van der Waals surface area contributed by atoms with Gasteiger partial charge in [-0.15, -0.1) is 0 Å². The second-order valence-electron chi connectivity index (χ2n) is 15.9. The van der Waals surface area contributed by atoms with E-state index in [0.717, 1.165) is 71.3 Å². The Labute approximate surface area is 333 Å². The van der Waals surface area contributed by atoms with Crippen LogP contribution in [0.25, 0.3) is 28.0 Å². The minimum absolute atomic E-state index is 0.0331. The number of aliphatic imine (C=N–C) groups is 1. The molecule has 3 fully saturated rings. The van der Waals surface area contributed by atoms with Crippen molar-refractivity contribution in [3.05, 3.63) is 102 Å². The third kappa shape index (κ3) is 7.75. The molecule has 296 valence electrons. The lowest BCUT2D eigenvalue weighted by Crippen LogP contribution is -2.54. The summed E-state index contributed by atoms with van der Waals surface area (Å²) in [6.07, 6.45) is 11.9. The first-order valence-corrected chi connectivity index (χ1v) is 20.1. The first-order valence-electron chi connectivity index (χ1n) is 20.1. The van der Waals surface area contributed by atoms with E-state index in [1.165, 1.54) is 26.2 Å². The molecule has 0 spiro atoms. The molecule has 12 heteroatoms. The van der Waals surface area contributed by atoms with Crippen LogP contribution >= 0.6 is 0 Å². The zero-order valence-corrected chi connectivity index (χ0v) is 33.0. The van der Waals surface area contributed by atoms with Gasteiger partial charge in [-0.05, 0) is 97.2 Å². The molecule has 4 aromatic rings. The van der Waals surface area contributed by atoms with Crippen molar-refractivity contribution in [3.63, 3.8) is 0 Å². The Kier molecular flexibility index (Phi) is 11.1. The Morgan fingerprint density at radius 3 is 2.30 bits per heavy atom. The molecular formula is C45H51N7O5. The van der Waals surface area contributed by atoms with E-state index < -0.39 is 18.2 Å². The number of ether oxygens (including phenoxy) is 2. The summed E-state index contributed by atoms with van der Waals surface area (Å²) in [5.74, 6) is 1.72. The molecule has 2 aromatic carbocycles. The number of nitrogens with zero attached hydrogens (tertiary/aromatic N) is 4. The Balaban J connectivity index is 0.893. The number of hydrogen-bond acceptors (Lipinski definition) is 8. The lowest BCUT2D eigenvalue weighted by molar-refractivity contribution is -0.137. The summed E-state index contributed by atoms with van der Waals surface area (Å²) >= 11 is 0. The van der Waals surface area contributed by atoms with Gasteiger partial charge in [0.25, 0.3) is 0 Å². The molecule has 8 rings (SSSR count). The fourth-order valence-electron chi connectivity index (χ4n) is 9.57. The highest BCUT2D eigenvalue weighted by Crippen LogP contribution is 2.54. The molecule has 2 bridgehead atoms. The Bertz CT molecular complexity index is 2150. The number of nitrogens with one attached hydrogen (secondary N) is 3. The minimum atomic E-state index is -0.882. The molecule has 3 N–H and O–H groups in total. The maximum absolute atomic E-state index is 13.7. The lowest BCUT2D eigenvalue weighted by Gasteiger charge is -2.31. The van der Waals surface area contributed by atoms with Crippen LogP contribution in [0.2, 0.25) is 0 Å². The maximum atomic E-state index is 13.7. The molecule has 57 heavy (non-hydrogen) atoms. The number of alkyl carbamates (subject to hydrolysis) is 1. The summed E-state index contributed by atoms with van der Waals surface area (Å²) in [6, 6.07) is 19.7. The third-order valence-electron chi connectivity index (χ3n) is 12.7. The zero-order chi connectivity index (χ0) is 39.6. The third-order valence-corrected chi connectivity index (χ3v) is 12.7. The molecule has 4 aliphatic rings. The van der Waals surface area contributed by atoms with Gasteiger partial charge in [-0.25, -0.2) is 9.78 Å². The number of allylic oxidation sites excluding steroid dienone is 1. The number of imidazole rings is 1. The molecule has 5 unspecified atom stereocenters. The summed E-state index contributed by atoms with van der Waals surface area (Å²) in [5, 5.41) is 5.93. The number of fused-ring (bicyclic) bond motifs is 2. The van der Waals surface area contributed by atoms with Crippen LogP contribution in [0.3, 0.4) is 0 Å². The molecular weight excluding hydrogens is 719 g/mol. The van der Waals surface area contributed by atoms with E-state index in [0.29, 0.717) is 24.2 Å². The number of benzene rings is 2. The van der Waals surface area contributed by atoms with Crippen LogP contribution in [0.4, 0.5) is 4.79 Å². The van der Waals surface area contributed by atoms with Crippen molar-refractivity contribution in [2.45, 2.75) is 76.6 Å². The summed E-state index contributed by atoms with van der Waals surface area (Å²) in [7, 11) is 2.78. The van der Waals surface area contributed by atoms with Gasteiger partial charge in [0.15, 0.2) is 0 Å². The van der Waals surface area contributed by atoms with Gasteiger partial charge in [-0.2, -0.15) is 0 Å². The number of aromatic nitrogens is 3. The van der Waals surface area contributed by atoms with Gasteiger partial charge in [0.1, 0.15) is 11.9 Å². The van der Waals surface area contributed by atoms with Gasteiger partial charge in [-0.3, -0.25) is 19.6 Å². The van der Waals surface area contributed by atoms with Crippen LogP contribution in [0.1, 0.15) is 81.4 Å². The smallest absolute Gasteiger partial charge is 0.407 e. The van der Waals surface area contributed by atoms with Crippen molar-refractivity contribution in [2.75, 3.05) is 20.8 Å². The van der Waals surface area contributed by atoms with Gasteiger partial charge < -0.3 is 30.0 Å². The number of carbonyl (C=O) groups excluding carboxylic acids is 3. The van der Waals surface area contributed by atoms with E-state index in [1.54, 1.807) is 18.0 Å². The second-order valence-corrected chi connectivity index (χ2v) is 15.9. The van der Waals surface area contributed by atoms with E-state index >= 15 is 0 Å². The normalized spacial score (nSPS) is 24.1. The Morgan fingerprint density at radius 1 is 0.877 bits per heavy atom. The van der Waals surface area contributed by atoms with Crippen LogP contribution < -0.4 is 10.6 Å². The van der Waals surface area contributed by atoms with Crippen LogP contribution in [0.15, 0.2) is 90.4 Å². The highest BCUT2D eigenvalue weighted by Gasteiger charge is 2.53. The molecule has 2 saturated carbocycles. The van der Waals surface area contributed by atoms with E-state index in [9.17, 15) is 14.4 Å². The fraction of sp³-hybridized carbons (Fsp3) is 0.422. The first-order chi connectivity index (χ1) is 27.7. The number of H-pyrrole nitrogens is 1. The van der Waals surface area contributed by atoms with Crippen molar-refractivity contribution < 1.29 is 23.9 Å². The average molecular weight is 770 g/mol. The van der Waals surface area contributed by atoms with E-state index in [-0.39, 0.29) is 35.7 Å². The zero-order valence-electron chi connectivity index (χ0n) is 33.0. The molecule has 2 aliphatic heterocycles. The molecule has 12 nitrogen and oxygen atoms in total. The molecule has 2 aliphatic carbocycles. The fourth-order valence-corrected chi connectivity index (χ4v) is 9.57. The molecule has 2 aromatic heterocycles. The van der Waals surface area contributed by atoms with Gasteiger partial charge >= 0.3 is 6.09 Å². The van der Waals surface area contributed by atoms with Crippen molar-refractivity contribution in [2.24, 2.45) is 28.7 Å². The lowest BCUT2D eigenvalue weighted by atomic mass is 9.74. The molecule has 0 radical (unpaired) electrons. The number of rotatable bonds is 12. The van der Waals surface area contributed by atoms with Gasteiger partial charge in [-0.1, -0.05) is 54.6 Å². The highest BCUT2D eigenvalue weighted by molar-refractivity contribution is 6.02. The van der Waals surface area contributed by atoms with Crippen molar-refractivity contribution in [1.82, 2.24) is 30.5 Å². The standard InChI is InChI=1S/C45H51N7O5/c1-26(34-7-5-19-46-23-34)49-43(53)40-33-18-17-32(21-33)39(40)36-22-35(24-47-36)30-11-9-28(10-12-30)29-13-15-31(16-14-29)37-25-48-42(50-37)38-8-6-20-52(38)44(54)41(27(2)56-3)51-45(55)57-4/h5,7,9-16,19,23-27,32-33,38-41H,6,8,17-18,20-22H2,1-4H3,(H,48,50)(H,49,53)(H,51,55)/t26?,27?,32?,33?,38-,39?,40-,41-/m0/s1. The maximum Gasteiger partial charge on any atom is 0.407 e. The molecule has 3 amide bonds. The SMILES string of the molecule is COC(=O)N[C@H](C(=O)N1CCC[C@H]1c1ncc(-c2ccc(-c3ccc(C4=CN=C(C5C6CCC(C6)[C@@H]5C(=O)NC(C)c5cccnc5)C4)cc3)cc2)[nH]1)C(C)OC. The van der Waals surface area contributed by atoms with Crippen LogP contribution in [-0.4, -0.2) is 76.4 Å². The monoisotopic (exact) mass is 769 g/mol. The summed E-state index contributed by atoms with van der Waals surface area (Å²) in [4.78, 5) is 58.5. The number of methoxy groups -OCH3 is 2. The van der Waals surface area contributed by atoms with Crippen LogP contribution in [0.5, 0.6) is 0 Å². The number of amides is 3. The minimum Gasteiger partial charge on any atom is -0.453 e. The second kappa shape index (κ2) is 16.5. The van der Waals surface area contributed by atoms with Crippen LogP contribution in [0, 0.1) is 23.7 Å². The molecule has 8 atom stereocenters. The summed E-state index contributed by atoms with van der Waals surface area (Å²) < 4.78 is 10.2. The highest BCUT2D eigenvalue weighted by atomic mass is 16.5. The van der Waals surface area contributed by atoms with E-state index in [2.05, 4.69) is 74.1 Å². The van der Waals surface area contributed by atoms with Gasteiger partial charge in [0, 0.05) is 56.2 Å². The average Bonchev–Trinajstić information content (AvgIpc) is 4.11. The van der Waals surface area contributed by atoms with Crippen molar-refractivity contribution in [1.29, 1.82) is 0 Å². The summed E-state index contributed by atoms with van der Waals surface area (Å²) in [5.41, 5.74) is 8.58.